The highest BCUT2D eigenvalue weighted by atomic mass is 33.1. The first kappa shape index (κ1) is 13.1. The van der Waals surface area contributed by atoms with Crippen molar-refractivity contribution in [3.8, 4) is 0 Å². The Bertz CT molecular complexity index is 460. The minimum atomic E-state index is 0.136. The summed E-state index contributed by atoms with van der Waals surface area (Å²) in [5, 5.41) is 7.66. The summed E-state index contributed by atoms with van der Waals surface area (Å²) in [6, 6.07) is 20.6. The van der Waals surface area contributed by atoms with Gasteiger partial charge in [-0.1, -0.05) is 71.5 Å². The molecule has 0 unspecified atom stereocenters. The molecule has 0 aliphatic rings. The van der Waals surface area contributed by atoms with Crippen molar-refractivity contribution in [3.63, 3.8) is 0 Å². The molecule has 0 bridgehead atoms. The Morgan fingerprint density at radius 2 is 1.33 bits per heavy atom. The first-order valence-corrected chi connectivity index (χ1v) is 7.76. The summed E-state index contributed by atoms with van der Waals surface area (Å²) in [5.41, 5.74) is 7.87. The van der Waals surface area contributed by atoms with Crippen molar-refractivity contribution < 1.29 is 0 Å². The molecule has 0 saturated carbocycles. The van der Waals surface area contributed by atoms with Gasteiger partial charge in [-0.2, -0.15) is 0 Å². The minimum absolute atomic E-state index is 0.136. The standard InChI is InChI=1S/C14H14N2S2/c15-14(16)18-17-13(11-7-3-1-4-8-11)12-9-5-2-6-10-12/h1-10,13H,(H3,15,16). The summed E-state index contributed by atoms with van der Waals surface area (Å²) in [6.45, 7) is 0. The average molecular weight is 274 g/mol. The van der Waals surface area contributed by atoms with Crippen LogP contribution in [0.1, 0.15) is 16.4 Å². The topological polar surface area (TPSA) is 49.9 Å². The van der Waals surface area contributed by atoms with Crippen molar-refractivity contribution in [2.75, 3.05) is 0 Å². The lowest BCUT2D eigenvalue weighted by Crippen LogP contribution is -2.03. The number of amidine groups is 1. The first-order chi connectivity index (χ1) is 8.77. The van der Waals surface area contributed by atoms with E-state index in [9.17, 15) is 0 Å². The van der Waals surface area contributed by atoms with E-state index in [4.69, 9.17) is 11.1 Å². The molecule has 2 rings (SSSR count). The van der Waals surface area contributed by atoms with E-state index in [-0.39, 0.29) is 10.4 Å². The fraction of sp³-hybridized carbons (Fsp3) is 0.0714. The van der Waals surface area contributed by atoms with Crippen LogP contribution in [0.15, 0.2) is 60.7 Å². The van der Waals surface area contributed by atoms with Crippen LogP contribution in [0.4, 0.5) is 0 Å². The van der Waals surface area contributed by atoms with Crippen molar-refractivity contribution in [2.24, 2.45) is 5.73 Å². The summed E-state index contributed by atoms with van der Waals surface area (Å²) >= 11 is 0. The molecule has 2 nitrogen and oxygen atoms in total. The largest absolute Gasteiger partial charge is 0.378 e. The van der Waals surface area contributed by atoms with Crippen molar-refractivity contribution >= 4 is 26.8 Å². The molecule has 0 amide bonds. The Labute approximate surface area is 115 Å². The zero-order valence-electron chi connectivity index (χ0n) is 9.74. The summed E-state index contributed by atoms with van der Waals surface area (Å²) in [4.78, 5) is 0. The highest BCUT2D eigenvalue weighted by Crippen LogP contribution is 2.42. The molecule has 0 atom stereocenters. The smallest absolute Gasteiger partial charge is 0.161 e. The fourth-order valence-electron chi connectivity index (χ4n) is 1.66. The highest BCUT2D eigenvalue weighted by Gasteiger charge is 2.15. The zero-order chi connectivity index (χ0) is 12.8. The van der Waals surface area contributed by atoms with Crippen LogP contribution in [0.3, 0.4) is 0 Å². The Morgan fingerprint density at radius 1 is 0.889 bits per heavy atom. The first-order valence-electron chi connectivity index (χ1n) is 5.54. The predicted octanol–water partition coefficient (Wildman–Crippen LogP) is 4.05. The van der Waals surface area contributed by atoms with Gasteiger partial charge < -0.3 is 5.73 Å². The van der Waals surface area contributed by atoms with E-state index >= 15 is 0 Å². The van der Waals surface area contributed by atoms with E-state index < -0.39 is 0 Å². The van der Waals surface area contributed by atoms with Gasteiger partial charge in [-0.15, -0.1) is 0 Å². The Kier molecular flexibility index (Phi) is 4.73. The third-order valence-electron chi connectivity index (χ3n) is 2.44. The number of hydrogen-bond donors (Lipinski definition) is 2. The van der Waals surface area contributed by atoms with Gasteiger partial charge in [-0.25, -0.2) is 0 Å². The van der Waals surface area contributed by atoms with Crippen LogP contribution in [-0.4, -0.2) is 5.17 Å². The molecule has 0 spiro atoms. The van der Waals surface area contributed by atoms with Crippen LogP contribution in [0, 0.1) is 5.41 Å². The van der Waals surface area contributed by atoms with Crippen LogP contribution in [0.5, 0.6) is 0 Å². The second kappa shape index (κ2) is 6.52. The fourth-order valence-corrected chi connectivity index (χ4v) is 3.66. The van der Waals surface area contributed by atoms with Crippen LogP contribution >= 0.6 is 21.6 Å². The lowest BCUT2D eigenvalue weighted by atomic mass is 10.0. The molecule has 0 aliphatic heterocycles. The summed E-state index contributed by atoms with van der Waals surface area (Å²) in [5.74, 6) is 0. The molecule has 0 aromatic heterocycles. The van der Waals surface area contributed by atoms with Crippen molar-refractivity contribution in [1.29, 1.82) is 5.41 Å². The van der Waals surface area contributed by atoms with E-state index in [0.29, 0.717) is 0 Å². The second-order valence-electron chi connectivity index (χ2n) is 3.75. The number of hydrogen-bond acceptors (Lipinski definition) is 3. The van der Waals surface area contributed by atoms with Crippen molar-refractivity contribution in [2.45, 2.75) is 5.25 Å². The normalized spacial score (nSPS) is 10.5. The molecular weight excluding hydrogens is 260 g/mol. The van der Waals surface area contributed by atoms with E-state index in [1.807, 2.05) is 36.4 Å². The molecule has 0 saturated heterocycles. The summed E-state index contributed by atoms with van der Waals surface area (Å²) < 4.78 is 0. The van der Waals surface area contributed by atoms with Gasteiger partial charge in [-0.3, -0.25) is 5.41 Å². The van der Waals surface area contributed by atoms with Gasteiger partial charge in [-0.05, 0) is 21.9 Å². The van der Waals surface area contributed by atoms with E-state index in [2.05, 4.69) is 24.3 Å². The molecule has 0 radical (unpaired) electrons. The Balaban J connectivity index is 2.26. The SMILES string of the molecule is N=C(N)SSC(c1ccccc1)c1ccccc1. The quantitative estimate of drug-likeness (QED) is 0.502. The van der Waals surface area contributed by atoms with E-state index in [1.54, 1.807) is 10.8 Å². The van der Waals surface area contributed by atoms with Gasteiger partial charge in [0.05, 0.1) is 5.25 Å². The van der Waals surface area contributed by atoms with Gasteiger partial charge in [0.25, 0.3) is 0 Å². The summed E-state index contributed by atoms with van der Waals surface area (Å²) in [7, 11) is 2.91. The van der Waals surface area contributed by atoms with Gasteiger partial charge in [0.15, 0.2) is 5.17 Å². The van der Waals surface area contributed by atoms with Crippen LogP contribution in [0.25, 0.3) is 0 Å². The molecule has 4 heteroatoms. The van der Waals surface area contributed by atoms with Gasteiger partial charge >= 0.3 is 0 Å². The molecule has 2 aromatic carbocycles. The number of rotatable bonds is 4. The third-order valence-corrected chi connectivity index (χ3v) is 4.86. The number of nitrogens with two attached hydrogens (primary N) is 1. The van der Waals surface area contributed by atoms with E-state index in [0.717, 1.165) is 0 Å². The Morgan fingerprint density at radius 3 is 1.72 bits per heavy atom. The average Bonchev–Trinajstić information content (AvgIpc) is 2.41. The maximum Gasteiger partial charge on any atom is 0.161 e. The highest BCUT2D eigenvalue weighted by molar-refractivity contribution is 8.82. The second-order valence-corrected chi connectivity index (χ2v) is 6.09. The van der Waals surface area contributed by atoms with Gasteiger partial charge in [0, 0.05) is 0 Å². The molecule has 18 heavy (non-hydrogen) atoms. The zero-order valence-corrected chi connectivity index (χ0v) is 11.4. The molecule has 0 aliphatic carbocycles. The van der Waals surface area contributed by atoms with Crippen LogP contribution in [-0.2, 0) is 0 Å². The van der Waals surface area contributed by atoms with Gasteiger partial charge in [0.2, 0.25) is 0 Å². The van der Waals surface area contributed by atoms with Crippen molar-refractivity contribution in [1.82, 2.24) is 0 Å². The molecule has 92 valence electrons. The molecular formula is C14H14N2S2. The van der Waals surface area contributed by atoms with E-state index in [1.165, 1.54) is 21.9 Å². The van der Waals surface area contributed by atoms with Crippen LogP contribution < -0.4 is 5.73 Å². The maximum absolute atomic E-state index is 7.33. The molecule has 3 N–H and O–H groups in total. The van der Waals surface area contributed by atoms with Crippen molar-refractivity contribution in [3.05, 3.63) is 71.8 Å². The predicted molar refractivity (Wildman–Crippen MR) is 81.8 cm³/mol. The Hall–Kier alpha value is -1.39. The summed E-state index contributed by atoms with van der Waals surface area (Å²) in [6.07, 6.45) is 0. The van der Waals surface area contributed by atoms with Gasteiger partial charge in [0.1, 0.15) is 0 Å². The molecule has 2 aromatic rings. The lowest BCUT2D eigenvalue weighted by molar-refractivity contribution is 1.16. The van der Waals surface area contributed by atoms with Crippen LogP contribution in [0.2, 0.25) is 0 Å². The maximum atomic E-state index is 7.33. The molecule has 0 fully saturated rings. The number of benzene rings is 2. The minimum Gasteiger partial charge on any atom is -0.378 e. The lowest BCUT2D eigenvalue weighted by Gasteiger charge is -2.16. The molecule has 0 heterocycles. The number of nitrogens with one attached hydrogen (secondary N) is 1. The third kappa shape index (κ3) is 3.55. The monoisotopic (exact) mass is 274 g/mol.